The molecule has 0 spiro atoms. The van der Waals surface area contributed by atoms with E-state index in [-0.39, 0.29) is 16.6 Å². The Kier molecular flexibility index (Phi) is 3.69. The molecule has 2 aromatic carbocycles. The van der Waals surface area contributed by atoms with Crippen LogP contribution in [0.5, 0.6) is 5.75 Å². The van der Waals surface area contributed by atoms with Crippen molar-refractivity contribution >= 4 is 10.0 Å². The Balaban J connectivity index is 1.83. The van der Waals surface area contributed by atoms with Crippen molar-refractivity contribution in [3.63, 3.8) is 0 Å². The molecule has 110 valence electrons. The Hall–Kier alpha value is -1.85. The monoisotopic (exact) mass is 303 g/mol. The second kappa shape index (κ2) is 5.50. The average Bonchev–Trinajstić information content (AvgIpc) is 2.99. The summed E-state index contributed by atoms with van der Waals surface area (Å²) < 4.78 is 26.7. The topological polar surface area (TPSA) is 57.6 Å². The minimum Gasteiger partial charge on any atom is -0.508 e. The number of aromatic hydroxyl groups is 1. The summed E-state index contributed by atoms with van der Waals surface area (Å²) in [6, 6.07) is 15.8. The maximum atomic E-state index is 12.6. The highest BCUT2D eigenvalue weighted by Gasteiger charge is 2.33. The predicted octanol–water partition coefficient (Wildman–Crippen LogP) is 2.57. The van der Waals surface area contributed by atoms with Gasteiger partial charge < -0.3 is 5.11 Å². The third-order valence-corrected chi connectivity index (χ3v) is 5.74. The minimum atomic E-state index is -3.53. The molecule has 4 nitrogen and oxygen atoms in total. The number of sulfonamides is 1. The van der Waals surface area contributed by atoms with Crippen LogP contribution in [-0.2, 0) is 10.0 Å². The zero-order valence-corrected chi connectivity index (χ0v) is 12.3. The Labute approximate surface area is 124 Å². The van der Waals surface area contributed by atoms with Crippen molar-refractivity contribution < 1.29 is 13.5 Å². The van der Waals surface area contributed by atoms with E-state index in [0.717, 1.165) is 6.42 Å². The van der Waals surface area contributed by atoms with Crippen LogP contribution in [0, 0.1) is 0 Å². The van der Waals surface area contributed by atoms with Gasteiger partial charge in [-0.3, -0.25) is 0 Å². The van der Waals surface area contributed by atoms with Crippen LogP contribution in [0.4, 0.5) is 0 Å². The Morgan fingerprint density at radius 1 is 1.05 bits per heavy atom. The molecule has 1 saturated heterocycles. The van der Waals surface area contributed by atoms with Crippen LogP contribution in [0.3, 0.4) is 0 Å². The molecular formula is C16H17NO3S. The van der Waals surface area contributed by atoms with Gasteiger partial charge in [-0.15, -0.1) is 0 Å². The first kappa shape index (κ1) is 14.1. The number of benzene rings is 2. The molecule has 1 unspecified atom stereocenters. The van der Waals surface area contributed by atoms with Gasteiger partial charge in [0.25, 0.3) is 0 Å². The highest BCUT2D eigenvalue weighted by molar-refractivity contribution is 7.89. The van der Waals surface area contributed by atoms with Gasteiger partial charge in [-0.1, -0.05) is 36.4 Å². The molecule has 0 aliphatic carbocycles. The molecule has 1 heterocycles. The van der Waals surface area contributed by atoms with Crippen LogP contribution in [0.1, 0.15) is 17.9 Å². The SMILES string of the molecule is O=S(=O)(c1cccc(O)c1)N1CCC(c2ccccc2)C1. The molecule has 1 aliphatic heterocycles. The minimum absolute atomic E-state index is 0.0325. The fraction of sp³-hybridized carbons (Fsp3) is 0.250. The summed E-state index contributed by atoms with van der Waals surface area (Å²) in [5, 5.41) is 9.47. The smallest absolute Gasteiger partial charge is 0.243 e. The number of phenols is 1. The van der Waals surface area contributed by atoms with Crippen LogP contribution in [0.2, 0.25) is 0 Å². The van der Waals surface area contributed by atoms with Crippen LogP contribution in [0.15, 0.2) is 59.5 Å². The number of hydrogen-bond donors (Lipinski definition) is 1. The normalized spacial score (nSPS) is 19.7. The summed E-state index contributed by atoms with van der Waals surface area (Å²) in [5.41, 5.74) is 1.17. The molecule has 0 aromatic heterocycles. The van der Waals surface area contributed by atoms with Crippen molar-refractivity contribution in [3.05, 3.63) is 60.2 Å². The maximum absolute atomic E-state index is 12.6. The first-order valence-corrected chi connectivity index (χ1v) is 8.35. The molecule has 21 heavy (non-hydrogen) atoms. The lowest BCUT2D eigenvalue weighted by Crippen LogP contribution is -2.28. The van der Waals surface area contributed by atoms with Crippen molar-refractivity contribution in [1.82, 2.24) is 4.31 Å². The van der Waals surface area contributed by atoms with Crippen molar-refractivity contribution in [2.75, 3.05) is 13.1 Å². The van der Waals surface area contributed by atoms with Crippen LogP contribution < -0.4 is 0 Å². The second-order valence-electron chi connectivity index (χ2n) is 5.26. The molecule has 0 amide bonds. The summed E-state index contributed by atoms with van der Waals surface area (Å²) in [7, 11) is -3.53. The van der Waals surface area contributed by atoms with Crippen molar-refractivity contribution in [2.24, 2.45) is 0 Å². The lowest BCUT2D eigenvalue weighted by atomic mass is 9.99. The molecular weight excluding hydrogens is 286 g/mol. The Morgan fingerprint density at radius 3 is 2.52 bits per heavy atom. The molecule has 0 bridgehead atoms. The first-order chi connectivity index (χ1) is 10.1. The Bertz CT molecular complexity index is 728. The molecule has 2 aromatic rings. The molecule has 1 N–H and O–H groups in total. The third kappa shape index (κ3) is 2.80. The van der Waals surface area contributed by atoms with Gasteiger partial charge in [0.15, 0.2) is 0 Å². The number of phenolic OH excluding ortho intramolecular Hbond substituents is 1. The number of rotatable bonds is 3. The van der Waals surface area contributed by atoms with E-state index >= 15 is 0 Å². The van der Waals surface area contributed by atoms with Gasteiger partial charge in [0.05, 0.1) is 4.90 Å². The van der Waals surface area contributed by atoms with Gasteiger partial charge in [0, 0.05) is 13.1 Å². The molecule has 3 rings (SSSR count). The van der Waals surface area contributed by atoms with Crippen molar-refractivity contribution in [1.29, 1.82) is 0 Å². The van der Waals surface area contributed by atoms with Gasteiger partial charge in [-0.05, 0) is 36.1 Å². The molecule has 1 aliphatic rings. The third-order valence-electron chi connectivity index (χ3n) is 3.88. The van der Waals surface area contributed by atoms with Crippen LogP contribution in [-0.4, -0.2) is 30.9 Å². The second-order valence-corrected chi connectivity index (χ2v) is 7.19. The summed E-state index contributed by atoms with van der Waals surface area (Å²) in [6.07, 6.45) is 0.821. The van der Waals surface area contributed by atoms with Gasteiger partial charge in [-0.2, -0.15) is 4.31 Å². The predicted molar refractivity (Wildman–Crippen MR) is 80.7 cm³/mol. The largest absolute Gasteiger partial charge is 0.508 e. The van der Waals surface area contributed by atoms with E-state index in [9.17, 15) is 13.5 Å². The van der Waals surface area contributed by atoms with E-state index in [4.69, 9.17) is 0 Å². The van der Waals surface area contributed by atoms with E-state index in [1.165, 1.54) is 28.1 Å². The lowest BCUT2D eigenvalue weighted by Gasteiger charge is -2.17. The van der Waals surface area contributed by atoms with Gasteiger partial charge in [-0.25, -0.2) is 8.42 Å². The standard InChI is InChI=1S/C16H17NO3S/c18-15-7-4-8-16(11-15)21(19,20)17-10-9-14(12-17)13-5-2-1-3-6-13/h1-8,11,14,18H,9-10,12H2. The zero-order chi connectivity index (χ0) is 14.9. The molecule has 0 radical (unpaired) electrons. The van der Waals surface area contributed by atoms with Crippen molar-refractivity contribution in [2.45, 2.75) is 17.2 Å². The quantitative estimate of drug-likeness (QED) is 0.948. The maximum Gasteiger partial charge on any atom is 0.243 e. The molecule has 1 fully saturated rings. The summed E-state index contributed by atoms with van der Waals surface area (Å²) in [5.74, 6) is 0.202. The van der Waals surface area contributed by atoms with E-state index in [0.29, 0.717) is 13.1 Å². The first-order valence-electron chi connectivity index (χ1n) is 6.91. The Morgan fingerprint density at radius 2 is 1.81 bits per heavy atom. The summed E-state index contributed by atoms with van der Waals surface area (Å²) in [6.45, 7) is 1.000. The van der Waals surface area contributed by atoms with Gasteiger partial charge in [0.2, 0.25) is 10.0 Å². The molecule has 0 saturated carbocycles. The van der Waals surface area contributed by atoms with E-state index < -0.39 is 10.0 Å². The van der Waals surface area contributed by atoms with Crippen molar-refractivity contribution in [3.8, 4) is 5.75 Å². The highest BCUT2D eigenvalue weighted by Crippen LogP contribution is 2.31. The van der Waals surface area contributed by atoms with E-state index in [2.05, 4.69) is 0 Å². The zero-order valence-electron chi connectivity index (χ0n) is 11.5. The molecule has 1 atom stereocenters. The molecule has 5 heteroatoms. The van der Waals surface area contributed by atoms with Gasteiger partial charge >= 0.3 is 0 Å². The van der Waals surface area contributed by atoms with E-state index in [1.807, 2.05) is 30.3 Å². The average molecular weight is 303 g/mol. The van der Waals surface area contributed by atoms with Gasteiger partial charge in [0.1, 0.15) is 5.75 Å². The summed E-state index contributed by atoms with van der Waals surface area (Å²) >= 11 is 0. The summed E-state index contributed by atoms with van der Waals surface area (Å²) in [4.78, 5) is 0.149. The van der Waals surface area contributed by atoms with Crippen LogP contribution >= 0.6 is 0 Å². The fourth-order valence-corrected chi connectivity index (χ4v) is 4.28. The highest BCUT2D eigenvalue weighted by atomic mass is 32.2. The number of nitrogens with zero attached hydrogens (tertiary/aromatic N) is 1. The van der Waals surface area contributed by atoms with Crippen LogP contribution in [0.25, 0.3) is 0 Å². The fourth-order valence-electron chi connectivity index (χ4n) is 2.74. The lowest BCUT2D eigenvalue weighted by molar-refractivity contribution is 0.463. The van der Waals surface area contributed by atoms with E-state index in [1.54, 1.807) is 6.07 Å². The number of hydrogen-bond acceptors (Lipinski definition) is 3.